The summed E-state index contributed by atoms with van der Waals surface area (Å²) >= 11 is 0. The van der Waals surface area contributed by atoms with E-state index in [1.165, 1.54) is 4.57 Å². The standard InChI is InChI=1S/C17H15NO2/c1-11(2)18-16(19)14-9-5-3-7-12(14)13-8-4-6-10-15(13)17(18)20/h3-11H,1-2H3. The average molecular weight is 265 g/mol. The minimum atomic E-state index is -0.225. The second-order valence-electron chi connectivity index (χ2n) is 5.17. The summed E-state index contributed by atoms with van der Waals surface area (Å²) in [7, 11) is 0. The summed E-state index contributed by atoms with van der Waals surface area (Å²) in [5.74, 6) is 0. The molecule has 0 saturated carbocycles. The molecule has 0 aliphatic rings. The number of hydrogen-bond donors (Lipinski definition) is 0. The fourth-order valence-corrected chi connectivity index (χ4v) is 2.63. The van der Waals surface area contributed by atoms with Crippen LogP contribution < -0.4 is 11.1 Å². The number of hydrogen-bond acceptors (Lipinski definition) is 2. The predicted octanol–water partition coefficient (Wildman–Crippen LogP) is 3.10. The summed E-state index contributed by atoms with van der Waals surface area (Å²) < 4.78 is 1.34. The second-order valence-corrected chi connectivity index (χ2v) is 5.17. The van der Waals surface area contributed by atoms with E-state index in [4.69, 9.17) is 0 Å². The van der Waals surface area contributed by atoms with Crippen LogP contribution in [0.2, 0.25) is 0 Å². The predicted molar refractivity (Wildman–Crippen MR) is 82.4 cm³/mol. The Morgan fingerprint density at radius 2 is 1.05 bits per heavy atom. The van der Waals surface area contributed by atoms with Crippen molar-refractivity contribution in [3.8, 4) is 0 Å². The highest BCUT2D eigenvalue weighted by molar-refractivity contribution is 6.05. The van der Waals surface area contributed by atoms with Crippen LogP contribution in [-0.2, 0) is 0 Å². The molecule has 0 aliphatic heterocycles. The van der Waals surface area contributed by atoms with Gasteiger partial charge in [0.05, 0.1) is 0 Å². The van der Waals surface area contributed by atoms with E-state index in [9.17, 15) is 9.59 Å². The van der Waals surface area contributed by atoms with Crippen molar-refractivity contribution in [2.75, 3.05) is 0 Å². The first-order valence-electron chi connectivity index (χ1n) is 6.67. The summed E-state index contributed by atoms with van der Waals surface area (Å²) in [6, 6.07) is 14.6. The second kappa shape index (κ2) is 4.60. The quantitative estimate of drug-likeness (QED) is 0.678. The normalized spacial score (nSPS) is 11.3. The van der Waals surface area contributed by atoms with E-state index in [1.54, 1.807) is 12.1 Å². The van der Waals surface area contributed by atoms with Gasteiger partial charge >= 0.3 is 0 Å². The molecule has 0 unspecified atom stereocenters. The van der Waals surface area contributed by atoms with Gasteiger partial charge in [0.1, 0.15) is 0 Å². The van der Waals surface area contributed by atoms with Crippen LogP contribution in [0.3, 0.4) is 0 Å². The van der Waals surface area contributed by atoms with Crippen LogP contribution in [0.1, 0.15) is 19.9 Å². The Kier molecular flexibility index (Phi) is 2.90. The molecule has 100 valence electrons. The van der Waals surface area contributed by atoms with Gasteiger partial charge in [-0.05, 0) is 36.8 Å². The lowest BCUT2D eigenvalue weighted by Gasteiger charge is -2.05. The Hall–Kier alpha value is -2.42. The lowest BCUT2D eigenvalue weighted by Crippen LogP contribution is -2.31. The van der Waals surface area contributed by atoms with Gasteiger partial charge in [0, 0.05) is 16.8 Å². The maximum atomic E-state index is 12.7. The monoisotopic (exact) mass is 265 g/mol. The van der Waals surface area contributed by atoms with Crippen LogP contribution in [0.15, 0.2) is 58.1 Å². The van der Waals surface area contributed by atoms with Gasteiger partial charge in [-0.3, -0.25) is 14.2 Å². The largest absolute Gasteiger partial charge is 0.272 e. The van der Waals surface area contributed by atoms with E-state index in [2.05, 4.69) is 0 Å². The van der Waals surface area contributed by atoms with Crippen molar-refractivity contribution in [2.24, 2.45) is 0 Å². The van der Waals surface area contributed by atoms with Crippen molar-refractivity contribution < 1.29 is 0 Å². The van der Waals surface area contributed by atoms with E-state index in [0.29, 0.717) is 10.8 Å². The van der Waals surface area contributed by atoms with E-state index in [1.807, 2.05) is 50.2 Å². The van der Waals surface area contributed by atoms with Gasteiger partial charge in [-0.1, -0.05) is 36.4 Å². The fraction of sp³-hybridized carbons (Fsp3) is 0.176. The van der Waals surface area contributed by atoms with E-state index in [-0.39, 0.29) is 17.2 Å². The number of fused-ring (bicyclic) bond motifs is 3. The lowest BCUT2D eigenvalue weighted by atomic mass is 10.1. The Morgan fingerprint density at radius 3 is 1.40 bits per heavy atom. The molecule has 1 aromatic heterocycles. The van der Waals surface area contributed by atoms with Crippen molar-refractivity contribution in [3.63, 3.8) is 0 Å². The molecule has 0 atom stereocenters. The Morgan fingerprint density at radius 1 is 0.700 bits per heavy atom. The Balaban J connectivity index is 2.79. The highest BCUT2D eigenvalue weighted by Gasteiger charge is 2.12. The maximum absolute atomic E-state index is 12.7. The first-order valence-corrected chi connectivity index (χ1v) is 6.67. The summed E-state index contributed by atoms with van der Waals surface area (Å²) in [4.78, 5) is 25.3. The third kappa shape index (κ3) is 1.74. The molecule has 3 rings (SSSR count). The van der Waals surface area contributed by atoms with Gasteiger partial charge in [0.15, 0.2) is 0 Å². The smallest absolute Gasteiger partial charge is 0.261 e. The highest BCUT2D eigenvalue weighted by atomic mass is 16.2. The lowest BCUT2D eigenvalue weighted by molar-refractivity contribution is 0.569. The number of nitrogens with zero attached hydrogens (tertiary/aromatic N) is 1. The first kappa shape index (κ1) is 12.6. The molecule has 0 amide bonds. The maximum Gasteiger partial charge on any atom is 0.261 e. The minimum absolute atomic E-state index is 0.172. The minimum Gasteiger partial charge on any atom is -0.272 e. The topological polar surface area (TPSA) is 39.1 Å². The van der Waals surface area contributed by atoms with Crippen LogP contribution in [0, 0.1) is 0 Å². The van der Waals surface area contributed by atoms with Crippen LogP contribution in [0.5, 0.6) is 0 Å². The van der Waals surface area contributed by atoms with E-state index < -0.39 is 0 Å². The third-order valence-corrected chi connectivity index (χ3v) is 3.56. The van der Waals surface area contributed by atoms with Crippen LogP contribution in [0.25, 0.3) is 21.5 Å². The summed E-state index contributed by atoms with van der Waals surface area (Å²) in [5.41, 5.74) is -0.450. The zero-order valence-corrected chi connectivity index (χ0v) is 11.5. The van der Waals surface area contributed by atoms with E-state index >= 15 is 0 Å². The van der Waals surface area contributed by atoms with Crippen LogP contribution in [-0.4, -0.2) is 4.57 Å². The zero-order chi connectivity index (χ0) is 14.3. The molecule has 0 spiro atoms. The Labute approximate surface area is 116 Å². The molecular formula is C17H15NO2. The summed E-state index contributed by atoms with van der Waals surface area (Å²) in [6.45, 7) is 3.71. The molecule has 2 aromatic carbocycles. The van der Waals surface area contributed by atoms with Crippen molar-refractivity contribution in [2.45, 2.75) is 19.9 Å². The number of rotatable bonds is 1. The van der Waals surface area contributed by atoms with Crippen molar-refractivity contribution in [1.29, 1.82) is 0 Å². The van der Waals surface area contributed by atoms with Crippen molar-refractivity contribution in [1.82, 2.24) is 4.57 Å². The summed E-state index contributed by atoms with van der Waals surface area (Å²) in [6.07, 6.45) is 0. The molecule has 0 N–H and O–H groups in total. The Bertz CT molecular complexity index is 851. The molecule has 0 aliphatic carbocycles. The van der Waals surface area contributed by atoms with Gasteiger partial charge in [-0.15, -0.1) is 0 Å². The SMILES string of the molecule is CC(C)n1c(=O)c2ccccc2c2ccccc2c1=O. The zero-order valence-electron chi connectivity index (χ0n) is 11.5. The molecule has 20 heavy (non-hydrogen) atoms. The van der Waals surface area contributed by atoms with Gasteiger partial charge in [-0.2, -0.15) is 0 Å². The highest BCUT2D eigenvalue weighted by Crippen LogP contribution is 2.19. The van der Waals surface area contributed by atoms with Gasteiger partial charge in [0.25, 0.3) is 11.1 Å². The molecule has 3 heteroatoms. The van der Waals surface area contributed by atoms with Gasteiger partial charge < -0.3 is 0 Å². The summed E-state index contributed by atoms with van der Waals surface area (Å²) in [5, 5.41) is 2.81. The van der Waals surface area contributed by atoms with Gasteiger partial charge in [0.2, 0.25) is 0 Å². The molecule has 1 heterocycles. The molecule has 3 nitrogen and oxygen atoms in total. The first-order chi connectivity index (χ1) is 9.61. The molecule has 0 saturated heterocycles. The van der Waals surface area contributed by atoms with Crippen LogP contribution >= 0.6 is 0 Å². The van der Waals surface area contributed by atoms with E-state index in [0.717, 1.165) is 10.8 Å². The molecular weight excluding hydrogens is 250 g/mol. The third-order valence-electron chi connectivity index (χ3n) is 3.56. The van der Waals surface area contributed by atoms with Crippen molar-refractivity contribution >= 4 is 21.5 Å². The molecule has 0 fully saturated rings. The molecule has 3 aromatic rings. The van der Waals surface area contributed by atoms with Crippen LogP contribution in [0.4, 0.5) is 0 Å². The molecule has 0 radical (unpaired) electrons. The van der Waals surface area contributed by atoms with Gasteiger partial charge in [-0.25, -0.2) is 0 Å². The average Bonchev–Trinajstić information content (AvgIpc) is 2.55. The van der Waals surface area contributed by atoms with Crippen molar-refractivity contribution in [3.05, 3.63) is 69.2 Å². The molecule has 0 bridgehead atoms. The number of aromatic nitrogens is 1. The fourth-order valence-electron chi connectivity index (χ4n) is 2.63. The number of benzene rings is 2.